The van der Waals surface area contributed by atoms with Crippen LogP contribution in [0.2, 0.25) is 0 Å². The molecule has 0 aliphatic heterocycles. The summed E-state index contributed by atoms with van der Waals surface area (Å²) < 4.78 is 1.10. The molecular formula is C9H6BrN2. The van der Waals surface area contributed by atoms with Crippen molar-refractivity contribution in [2.75, 3.05) is 0 Å². The van der Waals surface area contributed by atoms with E-state index in [2.05, 4.69) is 33.0 Å². The van der Waals surface area contributed by atoms with Crippen molar-refractivity contribution >= 4 is 26.7 Å². The lowest BCUT2D eigenvalue weighted by Crippen LogP contribution is -1.73. The first-order valence-electron chi connectivity index (χ1n) is 3.35. The molecule has 1 heterocycles. The number of benzene rings is 1. The minimum absolute atomic E-state index is 0. The van der Waals surface area contributed by atoms with Crippen LogP contribution in [0.15, 0.2) is 41.1 Å². The van der Waals surface area contributed by atoms with Crippen LogP contribution in [0.4, 0.5) is 0 Å². The summed E-state index contributed by atoms with van der Waals surface area (Å²) >= 11 is 3.40. The molecule has 3 radical (unpaired) electrons. The lowest BCUT2D eigenvalue weighted by atomic mass is 10.2. The molecule has 0 aliphatic rings. The second-order valence-corrected chi connectivity index (χ2v) is 3.28. The maximum atomic E-state index is 4.03. The SMILES string of the molecule is Brc1ccc2ccncc2c1.[N]. The molecule has 12 heavy (non-hydrogen) atoms. The lowest BCUT2D eigenvalue weighted by molar-refractivity contribution is 1.36. The standard InChI is InChI=1S/C9H6BrN.N/c10-9-2-1-7-3-4-11-6-8(7)5-9;/h1-6H;. The number of nitrogens with zero attached hydrogens (tertiary/aromatic N) is 2. The van der Waals surface area contributed by atoms with E-state index >= 15 is 0 Å². The topological polar surface area (TPSA) is 43.4 Å². The maximum absolute atomic E-state index is 4.03. The number of pyridine rings is 1. The van der Waals surface area contributed by atoms with Crippen molar-refractivity contribution in [2.45, 2.75) is 0 Å². The van der Waals surface area contributed by atoms with Gasteiger partial charge in [0.05, 0.1) is 0 Å². The highest BCUT2D eigenvalue weighted by Crippen LogP contribution is 2.17. The van der Waals surface area contributed by atoms with Gasteiger partial charge >= 0.3 is 0 Å². The summed E-state index contributed by atoms with van der Waals surface area (Å²) in [6.07, 6.45) is 3.66. The van der Waals surface area contributed by atoms with Crippen LogP contribution in [-0.4, -0.2) is 4.98 Å². The summed E-state index contributed by atoms with van der Waals surface area (Å²) in [7, 11) is 0. The Kier molecular flexibility index (Phi) is 2.78. The van der Waals surface area contributed by atoms with Gasteiger partial charge in [0, 0.05) is 28.4 Å². The highest BCUT2D eigenvalue weighted by atomic mass is 79.9. The number of fused-ring (bicyclic) bond motifs is 1. The number of hydrogen-bond donors (Lipinski definition) is 0. The molecule has 0 atom stereocenters. The van der Waals surface area contributed by atoms with E-state index in [1.54, 1.807) is 6.20 Å². The first-order valence-corrected chi connectivity index (χ1v) is 4.15. The van der Waals surface area contributed by atoms with Gasteiger partial charge in [0.1, 0.15) is 0 Å². The van der Waals surface area contributed by atoms with Crippen LogP contribution >= 0.6 is 15.9 Å². The monoisotopic (exact) mass is 221 g/mol. The van der Waals surface area contributed by atoms with Crippen LogP contribution in [0.5, 0.6) is 0 Å². The van der Waals surface area contributed by atoms with Crippen molar-refractivity contribution in [1.29, 1.82) is 0 Å². The molecule has 3 heteroatoms. The zero-order valence-electron chi connectivity index (χ0n) is 6.24. The van der Waals surface area contributed by atoms with Gasteiger partial charge in [-0.3, -0.25) is 4.98 Å². The van der Waals surface area contributed by atoms with E-state index in [9.17, 15) is 0 Å². The quantitative estimate of drug-likeness (QED) is 0.675. The average molecular weight is 222 g/mol. The fourth-order valence-electron chi connectivity index (χ4n) is 1.06. The fraction of sp³-hybridized carbons (Fsp3) is 0. The number of aromatic nitrogens is 1. The van der Waals surface area contributed by atoms with Gasteiger partial charge in [0.25, 0.3) is 0 Å². The third-order valence-electron chi connectivity index (χ3n) is 1.60. The summed E-state index contributed by atoms with van der Waals surface area (Å²) in [6, 6.07) is 8.16. The number of halogens is 1. The van der Waals surface area contributed by atoms with Crippen molar-refractivity contribution in [3.05, 3.63) is 41.1 Å². The van der Waals surface area contributed by atoms with Crippen molar-refractivity contribution < 1.29 is 0 Å². The van der Waals surface area contributed by atoms with Gasteiger partial charge in [-0.15, -0.1) is 0 Å². The molecule has 0 aliphatic carbocycles. The molecule has 0 saturated carbocycles. The highest BCUT2D eigenvalue weighted by Gasteiger charge is 1.91. The molecule has 0 unspecified atom stereocenters. The molecule has 0 fully saturated rings. The Labute approximate surface area is 79.3 Å². The van der Waals surface area contributed by atoms with Crippen LogP contribution in [-0.2, 0) is 0 Å². The molecule has 2 nitrogen and oxygen atoms in total. The Balaban J connectivity index is 0.000000720. The van der Waals surface area contributed by atoms with E-state index < -0.39 is 0 Å². The first kappa shape index (κ1) is 9.16. The maximum Gasteiger partial charge on any atom is 0.0346 e. The van der Waals surface area contributed by atoms with Crippen LogP contribution in [0.1, 0.15) is 0 Å². The molecule has 0 spiro atoms. The van der Waals surface area contributed by atoms with E-state index in [4.69, 9.17) is 0 Å². The molecule has 1 aromatic heterocycles. The lowest BCUT2D eigenvalue weighted by Gasteiger charge is -1.95. The Morgan fingerprint density at radius 1 is 1.08 bits per heavy atom. The zero-order chi connectivity index (χ0) is 7.68. The Hall–Kier alpha value is -0.930. The number of hydrogen-bond acceptors (Lipinski definition) is 1. The summed E-state index contributed by atoms with van der Waals surface area (Å²) in [5.41, 5.74) is 0. The number of rotatable bonds is 0. The average Bonchev–Trinajstić information content (AvgIpc) is 2.04. The van der Waals surface area contributed by atoms with E-state index in [-0.39, 0.29) is 6.15 Å². The molecule has 0 bridgehead atoms. The van der Waals surface area contributed by atoms with E-state index in [0.29, 0.717) is 0 Å². The Bertz CT molecular complexity index is 387. The van der Waals surface area contributed by atoms with Crippen LogP contribution in [0.25, 0.3) is 10.8 Å². The second-order valence-electron chi connectivity index (χ2n) is 2.37. The molecule has 0 saturated heterocycles. The summed E-state index contributed by atoms with van der Waals surface area (Å²) in [4.78, 5) is 4.03. The molecule has 2 aromatic rings. The third kappa shape index (κ3) is 1.62. The largest absolute Gasteiger partial charge is 0.264 e. The van der Waals surface area contributed by atoms with Crippen LogP contribution in [0, 0.1) is 0 Å². The summed E-state index contributed by atoms with van der Waals surface area (Å²) in [5.74, 6) is 0. The van der Waals surface area contributed by atoms with E-state index in [1.165, 1.54) is 10.8 Å². The summed E-state index contributed by atoms with van der Waals surface area (Å²) in [5, 5.41) is 2.39. The minimum Gasteiger partial charge on any atom is -0.264 e. The Morgan fingerprint density at radius 3 is 2.75 bits per heavy atom. The van der Waals surface area contributed by atoms with Crippen molar-refractivity contribution in [2.24, 2.45) is 0 Å². The predicted molar refractivity (Wildman–Crippen MR) is 51.6 cm³/mol. The van der Waals surface area contributed by atoms with Crippen molar-refractivity contribution in [3.63, 3.8) is 0 Å². The van der Waals surface area contributed by atoms with Gasteiger partial charge in [-0.25, -0.2) is 0 Å². The third-order valence-corrected chi connectivity index (χ3v) is 2.10. The normalized spacial score (nSPS) is 9.42. The van der Waals surface area contributed by atoms with Crippen molar-refractivity contribution in [3.8, 4) is 0 Å². The molecule has 0 N–H and O–H groups in total. The second kappa shape index (κ2) is 3.65. The van der Waals surface area contributed by atoms with Crippen molar-refractivity contribution in [1.82, 2.24) is 11.1 Å². The molecule has 59 valence electrons. The van der Waals surface area contributed by atoms with Gasteiger partial charge in [0.15, 0.2) is 0 Å². The highest BCUT2D eigenvalue weighted by molar-refractivity contribution is 9.10. The predicted octanol–water partition coefficient (Wildman–Crippen LogP) is 2.52. The van der Waals surface area contributed by atoms with Gasteiger partial charge in [-0.05, 0) is 23.6 Å². The minimum atomic E-state index is 0. The van der Waals surface area contributed by atoms with Crippen LogP contribution < -0.4 is 6.15 Å². The van der Waals surface area contributed by atoms with Gasteiger partial charge in [-0.1, -0.05) is 22.0 Å². The summed E-state index contributed by atoms with van der Waals surface area (Å²) in [6.45, 7) is 0. The van der Waals surface area contributed by atoms with Gasteiger partial charge in [0.2, 0.25) is 0 Å². The van der Waals surface area contributed by atoms with E-state index in [1.807, 2.05) is 18.3 Å². The van der Waals surface area contributed by atoms with E-state index in [0.717, 1.165) is 4.47 Å². The molecule has 1 aromatic carbocycles. The molecule has 0 amide bonds. The molecule has 2 rings (SSSR count). The smallest absolute Gasteiger partial charge is 0.0346 e. The van der Waals surface area contributed by atoms with Gasteiger partial charge < -0.3 is 0 Å². The van der Waals surface area contributed by atoms with Gasteiger partial charge in [-0.2, -0.15) is 0 Å². The van der Waals surface area contributed by atoms with Crippen LogP contribution in [0.3, 0.4) is 0 Å². The first-order chi connectivity index (χ1) is 5.36. The zero-order valence-corrected chi connectivity index (χ0v) is 7.82. The fourth-order valence-corrected chi connectivity index (χ4v) is 1.43. The Morgan fingerprint density at radius 2 is 1.92 bits per heavy atom. The molecular weight excluding hydrogens is 216 g/mol.